The number of quaternary nitrogens is 1. The van der Waals surface area contributed by atoms with Gasteiger partial charge in [0.05, 0.1) is 27.7 Å². The Morgan fingerprint density at radius 3 is 0.924 bits per heavy atom. The van der Waals surface area contributed by atoms with Gasteiger partial charge in [-0.2, -0.15) is 0 Å². The maximum atomic E-state index is 12.9. The molecule has 0 aromatic heterocycles. The van der Waals surface area contributed by atoms with Gasteiger partial charge in [0.15, 0.2) is 6.10 Å². The molecule has 0 rings (SSSR count). The third kappa shape index (κ3) is 76.5. The van der Waals surface area contributed by atoms with Gasteiger partial charge < -0.3 is 27.9 Å². The van der Waals surface area contributed by atoms with Crippen LogP contribution in [0.15, 0.2) is 72.9 Å². The van der Waals surface area contributed by atoms with E-state index in [4.69, 9.17) is 18.5 Å². The predicted octanol–water partition coefficient (Wildman–Crippen LogP) is 25.7. The minimum absolute atomic E-state index is 0.0284. The lowest BCUT2D eigenvalue weighted by Gasteiger charge is -2.28. The van der Waals surface area contributed by atoms with Crippen LogP contribution in [-0.4, -0.2) is 70.0 Å². The Morgan fingerprint density at radius 2 is 0.620 bits per heavy atom. The fourth-order valence-corrected chi connectivity index (χ4v) is 12.5. The van der Waals surface area contributed by atoms with E-state index in [0.717, 1.165) is 70.6 Å². The normalized spacial score (nSPS) is 13.4. The molecule has 0 heterocycles. The highest BCUT2D eigenvalue weighted by Crippen LogP contribution is 2.38. The molecule has 538 valence electrons. The Balaban J connectivity index is 3.91. The van der Waals surface area contributed by atoms with Gasteiger partial charge in [-0.25, -0.2) is 0 Å². The summed E-state index contributed by atoms with van der Waals surface area (Å²) in [7, 11) is 1.19. The van der Waals surface area contributed by atoms with Crippen LogP contribution in [0.4, 0.5) is 0 Å². The molecule has 0 spiro atoms. The van der Waals surface area contributed by atoms with Gasteiger partial charge >= 0.3 is 11.9 Å². The van der Waals surface area contributed by atoms with Crippen LogP contribution in [-0.2, 0) is 32.7 Å². The molecule has 0 aromatic carbocycles. The number of rotatable bonds is 74. The number of phosphoric ester groups is 1. The second-order valence-corrected chi connectivity index (χ2v) is 29.5. The highest BCUT2D eigenvalue weighted by Gasteiger charge is 2.22. The summed E-state index contributed by atoms with van der Waals surface area (Å²) in [5.74, 6) is -0.810. The van der Waals surface area contributed by atoms with Gasteiger partial charge in [0, 0.05) is 12.8 Å². The van der Waals surface area contributed by atoms with Crippen molar-refractivity contribution in [1.82, 2.24) is 0 Å². The van der Waals surface area contributed by atoms with Gasteiger partial charge in [0.25, 0.3) is 7.82 Å². The molecule has 2 atom stereocenters. The molecule has 0 aliphatic rings. The number of likely N-dealkylation sites (N-methyl/N-ethyl adjacent to an activating group) is 1. The van der Waals surface area contributed by atoms with Crippen LogP contribution in [0.5, 0.6) is 0 Å². The van der Waals surface area contributed by atoms with Crippen molar-refractivity contribution in [3.05, 3.63) is 72.9 Å². The van der Waals surface area contributed by atoms with E-state index in [0.29, 0.717) is 17.4 Å². The molecule has 0 saturated carbocycles. The topological polar surface area (TPSA) is 111 Å². The second kappa shape index (κ2) is 72.7. The first-order valence-corrected chi connectivity index (χ1v) is 41.1. The van der Waals surface area contributed by atoms with Gasteiger partial charge in [0.1, 0.15) is 19.8 Å². The molecule has 0 bridgehead atoms. The molecule has 0 amide bonds. The van der Waals surface area contributed by atoms with Crippen molar-refractivity contribution in [1.29, 1.82) is 0 Å². The van der Waals surface area contributed by atoms with E-state index in [1.54, 1.807) is 0 Å². The first-order chi connectivity index (χ1) is 45.0. The van der Waals surface area contributed by atoms with Crippen molar-refractivity contribution in [2.45, 2.75) is 392 Å². The van der Waals surface area contributed by atoms with Crippen LogP contribution in [0.2, 0.25) is 0 Å². The molecule has 10 heteroatoms. The molecular weight excluding hydrogens is 1160 g/mol. The van der Waals surface area contributed by atoms with Crippen molar-refractivity contribution in [2.75, 3.05) is 47.5 Å². The van der Waals surface area contributed by atoms with Crippen molar-refractivity contribution in [3.63, 3.8) is 0 Å². The standard InChI is InChI=1S/C82H152NO8P/c1-6-8-10-12-14-16-18-20-22-24-26-28-30-32-34-35-36-37-38-39-40-41-42-43-44-45-46-47-49-51-53-55-57-59-61-63-65-67-69-71-73-75-82(85)91-80(79-90-92(86,87)89-77-76-83(3,4)5)78-88-81(84)74-72-70-68-66-64-62-60-58-56-54-52-50-48-33-31-29-27-25-23-21-19-17-15-13-11-9-7-2/h8,10,14,16,20,22,26,28,32,34,36-37,80H,6-7,9,11-13,15,17-19,21,23-25,27,29-31,33,35,38-79H2,1-5H3/b10-8-,16-14-,22-20-,28-26-,34-32-,37-36-. The summed E-state index contributed by atoms with van der Waals surface area (Å²) in [5.41, 5.74) is 0. The summed E-state index contributed by atoms with van der Waals surface area (Å²) >= 11 is 0. The van der Waals surface area contributed by atoms with E-state index in [-0.39, 0.29) is 32.0 Å². The molecule has 92 heavy (non-hydrogen) atoms. The quantitative estimate of drug-likeness (QED) is 0.0195. The zero-order chi connectivity index (χ0) is 66.9. The summed E-state index contributed by atoms with van der Waals surface area (Å²) in [6, 6.07) is 0. The van der Waals surface area contributed by atoms with Crippen LogP contribution in [0, 0.1) is 0 Å². The third-order valence-electron chi connectivity index (χ3n) is 17.7. The highest BCUT2D eigenvalue weighted by molar-refractivity contribution is 7.45. The predicted molar refractivity (Wildman–Crippen MR) is 397 cm³/mol. The zero-order valence-electron chi connectivity index (χ0n) is 61.5. The Kier molecular flexibility index (Phi) is 70.7. The average molecular weight is 1310 g/mol. The van der Waals surface area contributed by atoms with Crippen molar-refractivity contribution >= 4 is 19.8 Å². The summed E-state index contributed by atoms with van der Waals surface area (Å²) in [5, 5.41) is 0. The van der Waals surface area contributed by atoms with E-state index >= 15 is 0 Å². The van der Waals surface area contributed by atoms with Crippen LogP contribution in [0.3, 0.4) is 0 Å². The maximum Gasteiger partial charge on any atom is 0.306 e. The van der Waals surface area contributed by atoms with Crippen molar-refractivity contribution in [3.8, 4) is 0 Å². The number of allylic oxidation sites excluding steroid dienone is 12. The fraction of sp³-hybridized carbons (Fsp3) is 0.829. The monoisotopic (exact) mass is 1310 g/mol. The van der Waals surface area contributed by atoms with E-state index in [9.17, 15) is 19.0 Å². The molecule has 0 N–H and O–H groups in total. The van der Waals surface area contributed by atoms with E-state index in [1.807, 2.05) is 21.1 Å². The molecule has 0 aliphatic carbocycles. The second-order valence-electron chi connectivity index (χ2n) is 28.1. The van der Waals surface area contributed by atoms with Gasteiger partial charge in [-0.15, -0.1) is 0 Å². The van der Waals surface area contributed by atoms with Crippen LogP contribution in [0.25, 0.3) is 0 Å². The number of phosphoric acid groups is 1. The number of carbonyl (C=O) groups is 2. The molecule has 0 aromatic rings. The van der Waals surface area contributed by atoms with Gasteiger partial charge in [0.2, 0.25) is 0 Å². The van der Waals surface area contributed by atoms with Gasteiger partial charge in [-0.3, -0.25) is 14.2 Å². The SMILES string of the molecule is CC/C=C\C/C=C\C/C=C\C/C=C\C/C=C\C/C=C\CCCCCCCCCCCCCCCCCCCCCCCCC(=O)OC(COC(=O)CCCCCCCCCCCCCCCCCCCCCCCCCCCCC)COP(=O)([O-])OCC[N+](C)(C)C. The van der Waals surface area contributed by atoms with E-state index in [2.05, 4.69) is 86.8 Å². The lowest BCUT2D eigenvalue weighted by atomic mass is 10.0. The Labute approximate surface area is 571 Å². The molecule has 0 fully saturated rings. The minimum Gasteiger partial charge on any atom is -0.756 e. The van der Waals surface area contributed by atoms with Crippen molar-refractivity contribution in [2.24, 2.45) is 0 Å². The van der Waals surface area contributed by atoms with Crippen LogP contribution >= 0.6 is 7.82 Å². The summed E-state index contributed by atoms with van der Waals surface area (Å²) in [6.07, 6.45) is 98.8. The smallest absolute Gasteiger partial charge is 0.306 e. The molecule has 9 nitrogen and oxygen atoms in total. The molecule has 0 radical (unpaired) electrons. The number of hydrogen-bond acceptors (Lipinski definition) is 8. The molecule has 0 aliphatic heterocycles. The Hall–Kier alpha value is -2.55. The van der Waals surface area contributed by atoms with Crippen LogP contribution in [0.1, 0.15) is 386 Å². The number of nitrogens with zero attached hydrogens (tertiary/aromatic N) is 1. The summed E-state index contributed by atoms with van der Waals surface area (Å²) in [6.45, 7) is 4.20. The largest absolute Gasteiger partial charge is 0.756 e. The lowest BCUT2D eigenvalue weighted by molar-refractivity contribution is -0.870. The number of esters is 2. The van der Waals surface area contributed by atoms with Gasteiger partial charge in [-0.05, 0) is 64.2 Å². The Morgan fingerprint density at radius 1 is 0.348 bits per heavy atom. The number of carbonyl (C=O) groups excluding carboxylic acids is 2. The average Bonchev–Trinajstić information content (AvgIpc) is 2.23. The first kappa shape index (κ1) is 89.5. The van der Waals surface area contributed by atoms with E-state index in [1.165, 1.54) is 283 Å². The molecular formula is C82H152NO8P. The fourth-order valence-electron chi connectivity index (χ4n) is 11.7. The number of ether oxygens (including phenoxy) is 2. The maximum absolute atomic E-state index is 12.9. The zero-order valence-corrected chi connectivity index (χ0v) is 62.4. The highest BCUT2D eigenvalue weighted by atomic mass is 31.2. The molecule has 0 saturated heterocycles. The minimum atomic E-state index is -4.64. The van der Waals surface area contributed by atoms with Gasteiger partial charge in [-0.1, -0.05) is 382 Å². The summed E-state index contributed by atoms with van der Waals surface area (Å²) < 4.78 is 34.4. The lowest BCUT2D eigenvalue weighted by Crippen LogP contribution is -2.37. The number of unbranched alkanes of at least 4 members (excludes halogenated alkanes) is 48. The molecule has 2 unspecified atom stereocenters. The van der Waals surface area contributed by atoms with E-state index < -0.39 is 26.5 Å². The third-order valence-corrected chi connectivity index (χ3v) is 18.7. The summed E-state index contributed by atoms with van der Waals surface area (Å²) in [4.78, 5) is 38.2. The Bertz CT molecular complexity index is 1780. The number of hydrogen-bond donors (Lipinski definition) is 0. The van der Waals surface area contributed by atoms with Crippen LogP contribution < -0.4 is 4.89 Å². The first-order valence-electron chi connectivity index (χ1n) is 39.6. The van der Waals surface area contributed by atoms with Crippen molar-refractivity contribution < 1.29 is 42.1 Å².